The summed E-state index contributed by atoms with van der Waals surface area (Å²) in [5, 5.41) is 17.1. The summed E-state index contributed by atoms with van der Waals surface area (Å²) in [5.41, 5.74) is 1.69. The van der Waals surface area contributed by atoms with Crippen LogP contribution in [-0.4, -0.2) is 41.3 Å². The molecule has 0 fully saturated rings. The summed E-state index contributed by atoms with van der Waals surface area (Å²) in [4.78, 5) is 0. The molecule has 0 saturated carbocycles. The summed E-state index contributed by atoms with van der Waals surface area (Å²) in [6, 6.07) is 6.16. The second-order valence-corrected chi connectivity index (χ2v) is 4.95. The second-order valence-electron chi connectivity index (χ2n) is 4.95. The lowest BCUT2D eigenvalue weighted by molar-refractivity contribution is 0.0634. The Hall–Kier alpha value is -1.76. The van der Waals surface area contributed by atoms with Gasteiger partial charge in [0.25, 0.3) is 0 Å². The average Bonchev–Trinajstić information content (AvgIpc) is 2.86. The number of nitrogens with one attached hydrogen (secondary N) is 1. The fourth-order valence-electron chi connectivity index (χ4n) is 2.21. The van der Waals surface area contributed by atoms with E-state index >= 15 is 0 Å². The minimum Gasteiger partial charge on any atom is -0.389 e. The van der Waals surface area contributed by atoms with E-state index in [4.69, 9.17) is 4.74 Å². The van der Waals surface area contributed by atoms with Crippen molar-refractivity contribution in [3.63, 3.8) is 0 Å². The van der Waals surface area contributed by atoms with Crippen molar-refractivity contribution < 1.29 is 14.2 Å². The molecule has 1 aromatic heterocycles. The van der Waals surface area contributed by atoms with Gasteiger partial charge >= 0.3 is 0 Å². The lowest BCUT2D eigenvalue weighted by Gasteiger charge is -2.20. The molecule has 6 heteroatoms. The molecule has 2 atom stereocenters. The SMILES string of the molecule is COCC(O)CNC(c1cccc(F)c1)c1cnn(C)c1. The predicted octanol–water partition coefficient (Wildman–Crippen LogP) is 1.25. The van der Waals surface area contributed by atoms with Crippen LogP contribution in [0.15, 0.2) is 36.7 Å². The van der Waals surface area contributed by atoms with Crippen molar-refractivity contribution in [2.45, 2.75) is 12.1 Å². The third kappa shape index (κ3) is 4.35. The van der Waals surface area contributed by atoms with Gasteiger partial charge in [-0.1, -0.05) is 12.1 Å². The topological polar surface area (TPSA) is 59.3 Å². The van der Waals surface area contributed by atoms with E-state index in [2.05, 4.69) is 10.4 Å². The number of aromatic nitrogens is 2. The van der Waals surface area contributed by atoms with Gasteiger partial charge in [0.15, 0.2) is 0 Å². The van der Waals surface area contributed by atoms with Gasteiger partial charge in [0.05, 0.1) is 24.9 Å². The van der Waals surface area contributed by atoms with E-state index in [1.807, 2.05) is 19.3 Å². The van der Waals surface area contributed by atoms with E-state index < -0.39 is 6.10 Å². The van der Waals surface area contributed by atoms with Crippen LogP contribution in [0.1, 0.15) is 17.2 Å². The molecule has 0 radical (unpaired) electrons. The van der Waals surface area contributed by atoms with E-state index in [0.717, 1.165) is 11.1 Å². The van der Waals surface area contributed by atoms with Crippen LogP contribution >= 0.6 is 0 Å². The minimum absolute atomic E-state index is 0.235. The number of hydrogen-bond donors (Lipinski definition) is 2. The Balaban J connectivity index is 2.18. The summed E-state index contributed by atoms with van der Waals surface area (Å²) >= 11 is 0. The molecular formula is C15H20FN3O2. The van der Waals surface area contributed by atoms with Crippen LogP contribution < -0.4 is 5.32 Å². The van der Waals surface area contributed by atoms with Gasteiger partial charge in [-0.25, -0.2) is 4.39 Å². The Morgan fingerprint density at radius 3 is 2.86 bits per heavy atom. The van der Waals surface area contributed by atoms with Crippen molar-refractivity contribution in [3.05, 3.63) is 53.6 Å². The lowest BCUT2D eigenvalue weighted by Crippen LogP contribution is -2.33. The van der Waals surface area contributed by atoms with Crippen molar-refractivity contribution in [1.29, 1.82) is 0 Å². The van der Waals surface area contributed by atoms with Gasteiger partial charge in [-0.15, -0.1) is 0 Å². The Bertz CT molecular complexity index is 574. The molecule has 2 unspecified atom stereocenters. The van der Waals surface area contributed by atoms with Gasteiger partial charge in [-0.2, -0.15) is 5.10 Å². The molecule has 21 heavy (non-hydrogen) atoms. The molecule has 1 aromatic carbocycles. The molecule has 2 rings (SSSR count). The maximum absolute atomic E-state index is 13.5. The van der Waals surface area contributed by atoms with Gasteiger partial charge in [-0.05, 0) is 17.7 Å². The van der Waals surface area contributed by atoms with Gasteiger partial charge in [-0.3, -0.25) is 4.68 Å². The molecule has 0 aliphatic heterocycles. The summed E-state index contributed by atoms with van der Waals surface area (Å²) in [5.74, 6) is -0.291. The maximum atomic E-state index is 13.5. The quantitative estimate of drug-likeness (QED) is 0.806. The highest BCUT2D eigenvalue weighted by atomic mass is 19.1. The molecule has 0 amide bonds. The van der Waals surface area contributed by atoms with Crippen LogP contribution in [0.3, 0.4) is 0 Å². The number of nitrogens with zero attached hydrogens (tertiary/aromatic N) is 2. The number of benzene rings is 1. The van der Waals surface area contributed by atoms with E-state index in [1.54, 1.807) is 16.9 Å². The number of methoxy groups -OCH3 is 1. The van der Waals surface area contributed by atoms with Crippen LogP contribution in [0, 0.1) is 5.82 Å². The first-order chi connectivity index (χ1) is 10.1. The highest BCUT2D eigenvalue weighted by Gasteiger charge is 2.17. The van der Waals surface area contributed by atoms with Gasteiger partial charge in [0, 0.05) is 32.5 Å². The fourth-order valence-corrected chi connectivity index (χ4v) is 2.21. The molecule has 2 aromatic rings. The van der Waals surface area contributed by atoms with Crippen molar-refractivity contribution in [3.8, 4) is 0 Å². The van der Waals surface area contributed by atoms with Gasteiger partial charge in [0.2, 0.25) is 0 Å². The number of ether oxygens (including phenoxy) is 1. The molecular weight excluding hydrogens is 273 g/mol. The van der Waals surface area contributed by atoms with Crippen LogP contribution in [0.4, 0.5) is 4.39 Å². The van der Waals surface area contributed by atoms with Crippen LogP contribution in [0.2, 0.25) is 0 Å². The Morgan fingerprint density at radius 2 is 2.24 bits per heavy atom. The van der Waals surface area contributed by atoms with Gasteiger partial charge < -0.3 is 15.2 Å². The largest absolute Gasteiger partial charge is 0.389 e. The zero-order chi connectivity index (χ0) is 15.2. The Morgan fingerprint density at radius 1 is 1.43 bits per heavy atom. The zero-order valence-corrected chi connectivity index (χ0v) is 12.2. The number of hydrogen-bond acceptors (Lipinski definition) is 4. The summed E-state index contributed by atoms with van der Waals surface area (Å²) in [7, 11) is 3.36. The Kier molecular flexibility index (Phi) is 5.44. The minimum atomic E-state index is -0.622. The maximum Gasteiger partial charge on any atom is 0.123 e. The average molecular weight is 293 g/mol. The molecule has 0 saturated heterocycles. The van der Waals surface area contributed by atoms with Crippen LogP contribution in [0.25, 0.3) is 0 Å². The molecule has 0 aliphatic rings. The molecule has 114 valence electrons. The molecule has 5 nitrogen and oxygen atoms in total. The molecule has 1 heterocycles. The third-order valence-electron chi connectivity index (χ3n) is 3.16. The number of aryl methyl sites for hydroxylation is 1. The summed E-state index contributed by atoms with van der Waals surface area (Å²) < 4.78 is 20.0. The molecule has 0 spiro atoms. The summed E-state index contributed by atoms with van der Waals surface area (Å²) in [6.45, 7) is 0.583. The second kappa shape index (κ2) is 7.31. The normalized spacial score (nSPS) is 14.1. The number of halogens is 1. The first-order valence-electron chi connectivity index (χ1n) is 6.74. The monoisotopic (exact) mass is 293 g/mol. The van der Waals surface area contributed by atoms with E-state index in [9.17, 15) is 9.50 Å². The highest BCUT2D eigenvalue weighted by Crippen LogP contribution is 2.22. The number of aliphatic hydroxyl groups excluding tert-OH is 1. The first-order valence-corrected chi connectivity index (χ1v) is 6.74. The number of rotatable bonds is 7. The standard InChI is InChI=1S/C15H20FN3O2/c1-19-9-12(7-18-19)15(17-8-14(20)10-21-2)11-4-3-5-13(16)6-11/h3-7,9,14-15,17,20H,8,10H2,1-2H3. The van der Waals surface area contributed by atoms with Crippen molar-refractivity contribution in [2.75, 3.05) is 20.3 Å². The van der Waals surface area contributed by atoms with Crippen LogP contribution in [-0.2, 0) is 11.8 Å². The molecule has 0 bridgehead atoms. The van der Waals surface area contributed by atoms with Crippen molar-refractivity contribution in [2.24, 2.45) is 7.05 Å². The van der Waals surface area contributed by atoms with E-state index in [-0.39, 0.29) is 18.5 Å². The number of aliphatic hydroxyl groups is 1. The van der Waals surface area contributed by atoms with Crippen LogP contribution in [0.5, 0.6) is 0 Å². The highest BCUT2D eigenvalue weighted by molar-refractivity contribution is 5.29. The first kappa shape index (κ1) is 15.6. The third-order valence-corrected chi connectivity index (χ3v) is 3.16. The molecule has 0 aliphatic carbocycles. The van der Waals surface area contributed by atoms with Crippen molar-refractivity contribution in [1.82, 2.24) is 15.1 Å². The predicted molar refractivity (Wildman–Crippen MR) is 77.3 cm³/mol. The molecule has 2 N–H and O–H groups in total. The zero-order valence-electron chi connectivity index (χ0n) is 12.2. The van der Waals surface area contributed by atoms with Gasteiger partial charge in [0.1, 0.15) is 5.82 Å². The Labute approximate surface area is 123 Å². The van der Waals surface area contributed by atoms with E-state index in [1.165, 1.54) is 19.2 Å². The summed E-state index contributed by atoms with van der Waals surface area (Å²) in [6.07, 6.45) is 2.97. The lowest BCUT2D eigenvalue weighted by atomic mass is 10.0. The smallest absolute Gasteiger partial charge is 0.123 e. The fraction of sp³-hybridized carbons (Fsp3) is 0.400. The van der Waals surface area contributed by atoms with Crippen molar-refractivity contribution >= 4 is 0 Å². The van der Waals surface area contributed by atoms with E-state index in [0.29, 0.717) is 6.54 Å².